The van der Waals surface area contributed by atoms with Gasteiger partial charge in [-0.05, 0) is 13.1 Å². The van der Waals surface area contributed by atoms with Gasteiger partial charge >= 0.3 is 0 Å². The van der Waals surface area contributed by atoms with Crippen LogP contribution < -0.4 is 0 Å². The number of allylic oxidation sites excluding steroid dienone is 1. The molecule has 0 heterocycles. The summed E-state index contributed by atoms with van der Waals surface area (Å²) >= 11 is 2.24. The Hall–Kier alpha value is 0.965. The fraction of sp³-hybridized carbons (Fsp3) is 0.500. The Morgan fingerprint density at radius 3 is 2.43 bits per heavy atom. The van der Waals surface area contributed by atoms with Crippen molar-refractivity contribution in [3.05, 3.63) is 12.2 Å². The molecule has 0 spiro atoms. The minimum absolute atomic E-state index is 0.269. The van der Waals surface area contributed by atoms with Crippen LogP contribution in [-0.4, -0.2) is 13.7 Å². The molecule has 0 aliphatic heterocycles. The van der Waals surface area contributed by atoms with E-state index < -0.39 is 0 Å². The molecule has 0 aromatic rings. The SMILES string of the molecule is [B]P(I)CC(=C)C. The van der Waals surface area contributed by atoms with E-state index in [9.17, 15) is 0 Å². The van der Waals surface area contributed by atoms with Gasteiger partial charge < -0.3 is 0 Å². The quantitative estimate of drug-likeness (QED) is 0.292. The number of hydrogen-bond donors (Lipinski definition) is 0. The molecule has 0 aliphatic carbocycles. The van der Waals surface area contributed by atoms with E-state index in [0.717, 1.165) is 6.16 Å². The summed E-state index contributed by atoms with van der Waals surface area (Å²) in [6.45, 7) is 5.73. The summed E-state index contributed by atoms with van der Waals surface area (Å²) < 4.78 is 0. The molecule has 38 valence electrons. The molecule has 1 atom stereocenters. The Labute approximate surface area is 60.4 Å². The standard InChI is InChI=1S/C4H7BIP/c1-4(2)3-7(5)6/h1,3H2,2H3. The fourth-order valence-corrected chi connectivity index (χ4v) is 2.52. The van der Waals surface area contributed by atoms with Crippen LogP contribution in [0.4, 0.5) is 0 Å². The molecule has 0 nitrogen and oxygen atoms in total. The normalized spacial score (nSPS) is 13.4. The maximum absolute atomic E-state index is 5.48. The first-order chi connectivity index (χ1) is 3.13. The lowest BCUT2D eigenvalue weighted by Gasteiger charge is -1.99. The molecular formula is C4H7BIP. The molecule has 0 amide bonds. The van der Waals surface area contributed by atoms with Gasteiger partial charge in [0.15, 0.2) is 0 Å². The first-order valence-corrected chi connectivity index (χ1v) is 6.33. The summed E-state index contributed by atoms with van der Waals surface area (Å²) in [5, 5.41) is 0. The van der Waals surface area contributed by atoms with Crippen LogP contribution in [0.15, 0.2) is 12.2 Å². The number of rotatable bonds is 2. The maximum atomic E-state index is 5.48. The molecule has 3 heteroatoms. The molecule has 0 aromatic heterocycles. The van der Waals surface area contributed by atoms with Gasteiger partial charge in [0, 0.05) is 0 Å². The summed E-state index contributed by atoms with van der Waals surface area (Å²) in [5.74, 6) is 0. The lowest BCUT2D eigenvalue weighted by Crippen LogP contribution is -1.75. The van der Waals surface area contributed by atoms with E-state index in [-0.39, 0.29) is 5.44 Å². The number of halogens is 1. The van der Waals surface area contributed by atoms with Crippen molar-refractivity contribution in [2.45, 2.75) is 6.92 Å². The van der Waals surface area contributed by atoms with Crippen molar-refractivity contribution in [1.82, 2.24) is 0 Å². The molecule has 0 fully saturated rings. The van der Waals surface area contributed by atoms with Crippen LogP contribution in [0.5, 0.6) is 0 Å². The maximum Gasteiger partial charge on any atom is 0.123 e. The average Bonchev–Trinajstić information content (AvgIpc) is 1.27. The third-order valence-corrected chi connectivity index (χ3v) is 2.29. The largest absolute Gasteiger partial charge is 0.123 e. The Bertz CT molecular complexity index is 72.1. The van der Waals surface area contributed by atoms with Gasteiger partial charge in [0.1, 0.15) is 7.57 Å². The summed E-state index contributed by atoms with van der Waals surface area (Å²) in [7, 11) is 5.48. The Morgan fingerprint density at radius 2 is 2.43 bits per heavy atom. The van der Waals surface area contributed by atoms with Crippen molar-refractivity contribution >= 4 is 35.0 Å². The van der Waals surface area contributed by atoms with Crippen molar-refractivity contribution in [2.24, 2.45) is 0 Å². The van der Waals surface area contributed by atoms with Crippen molar-refractivity contribution in [1.29, 1.82) is 0 Å². The van der Waals surface area contributed by atoms with Gasteiger partial charge in [-0.2, -0.15) is 0 Å². The number of hydrogen-bond acceptors (Lipinski definition) is 0. The van der Waals surface area contributed by atoms with Gasteiger partial charge in [-0.3, -0.25) is 0 Å². The van der Waals surface area contributed by atoms with Crippen molar-refractivity contribution < 1.29 is 0 Å². The van der Waals surface area contributed by atoms with Crippen LogP contribution in [0.25, 0.3) is 0 Å². The monoisotopic (exact) mass is 224 g/mol. The first kappa shape index (κ1) is 7.96. The molecule has 0 saturated carbocycles. The lowest BCUT2D eigenvalue weighted by molar-refractivity contribution is 1.44. The predicted octanol–water partition coefficient (Wildman–Crippen LogP) is 2.48. The molecule has 0 aliphatic rings. The second kappa shape index (κ2) is 3.91. The fourth-order valence-electron chi connectivity index (χ4n) is 0.258. The van der Waals surface area contributed by atoms with E-state index in [1.807, 2.05) is 6.92 Å². The highest BCUT2D eigenvalue weighted by molar-refractivity contribution is 14.2. The molecule has 2 radical (unpaired) electrons. The molecule has 7 heavy (non-hydrogen) atoms. The molecule has 0 bridgehead atoms. The van der Waals surface area contributed by atoms with Crippen molar-refractivity contribution in [2.75, 3.05) is 6.16 Å². The van der Waals surface area contributed by atoms with Crippen LogP contribution in [0, 0.1) is 0 Å². The van der Waals surface area contributed by atoms with Crippen LogP contribution in [-0.2, 0) is 0 Å². The van der Waals surface area contributed by atoms with E-state index in [1.165, 1.54) is 5.57 Å². The highest BCUT2D eigenvalue weighted by Crippen LogP contribution is 2.40. The third kappa shape index (κ3) is 6.96. The van der Waals surface area contributed by atoms with E-state index in [1.54, 1.807) is 0 Å². The van der Waals surface area contributed by atoms with Gasteiger partial charge in [-0.15, -0.1) is 0 Å². The molecular weight excluding hydrogens is 217 g/mol. The van der Waals surface area contributed by atoms with Gasteiger partial charge in [0.25, 0.3) is 0 Å². The third-order valence-electron chi connectivity index (χ3n) is 0.421. The molecule has 0 saturated heterocycles. The Kier molecular flexibility index (Phi) is 4.44. The minimum Gasteiger partial charge on any atom is -0.0998 e. The predicted molar refractivity (Wildman–Crippen MR) is 46.4 cm³/mol. The Morgan fingerprint density at radius 1 is 2.00 bits per heavy atom. The summed E-state index contributed by atoms with van der Waals surface area (Å²) in [5.41, 5.74) is 0.914. The highest BCUT2D eigenvalue weighted by Gasteiger charge is 1.90. The van der Waals surface area contributed by atoms with Crippen molar-refractivity contribution in [3.8, 4) is 0 Å². The van der Waals surface area contributed by atoms with Gasteiger partial charge in [0.2, 0.25) is 0 Å². The van der Waals surface area contributed by atoms with Crippen LogP contribution in [0.1, 0.15) is 6.92 Å². The second-order valence-corrected chi connectivity index (χ2v) is 6.35. The van der Waals surface area contributed by atoms with Crippen LogP contribution in [0.2, 0.25) is 0 Å². The van der Waals surface area contributed by atoms with Gasteiger partial charge in [-0.1, -0.05) is 39.6 Å². The van der Waals surface area contributed by atoms with E-state index in [2.05, 4.69) is 28.6 Å². The van der Waals surface area contributed by atoms with E-state index in [4.69, 9.17) is 7.57 Å². The topological polar surface area (TPSA) is 0 Å². The van der Waals surface area contributed by atoms with E-state index in [0.29, 0.717) is 0 Å². The average molecular weight is 224 g/mol. The zero-order valence-corrected chi connectivity index (χ0v) is 7.37. The van der Waals surface area contributed by atoms with Crippen molar-refractivity contribution in [3.63, 3.8) is 0 Å². The molecule has 1 unspecified atom stereocenters. The summed E-state index contributed by atoms with van der Waals surface area (Å²) in [4.78, 5) is 0. The lowest BCUT2D eigenvalue weighted by atomic mass is 10.4. The van der Waals surface area contributed by atoms with Crippen LogP contribution in [0.3, 0.4) is 0 Å². The zero-order valence-electron chi connectivity index (χ0n) is 4.32. The highest BCUT2D eigenvalue weighted by atomic mass is 127. The van der Waals surface area contributed by atoms with Gasteiger partial charge in [0.05, 0.1) is 0 Å². The minimum atomic E-state index is -0.269. The van der Waals surface area contributed by atoms with Crippen LogP contribution >= 0.6 is 27.5 Å². The van der Waals surface area contributed by atoms with E-state index >= 15 is 0 Å². The summed E-state index contributed by atoms with van der Waals surface area (Å²) in [6, 6.07) is 0. The second-order valence-electron chi connectivity index (χ2n) is 1.51. The summed E-state index contributed by atoms with van der Waals surface area (Å²) in [6.07, 6.45) is 0.996. The molecule has 0 rings (SSSR count). The van der Waals surface area contributed by atoms with Gasteiger partial charge in [-0.25, -0.2) is 0 Å². The smallest absolute Gasteiger partial charge is 0.0998 e. The first-order valence-electron chi connectivity index (χ1n) is 1.95. The molecule has 0 N–H and O–H groups in total. The zero-order chi connectivity index (χ0) is 5.86. The Balaban J connectivity index is 3.13. The molecule has 0 aromatic carbocycles.